The number of nitrogens with zero attached hydrogens (tertiary/aromatic N) is 2. The van der Waals surface area contributed by atoms with E-state index in [9.17, 15) is 4.79 Å². The van der Waals surface area contributed by atoms with Gasteiger partial charge in [0.2, 0.25) is 5.91 Å². The second-order valence-electron chi connectivity index (χ2n) is 6.34. The number of amides is 1. The van der Waals surface area contributed by atoms with Crippen LogP contribution in [0.15, 0.2) is 24.3 Å². The fourth-order valence-corrected chi connectivity index (χ4v) is 3.69. The summed E-state index contributed by atoms with van der Waals surface area (Å²) in [7, 11) is 1.67. The Morgan fingerprint density at radius 2 is 2.00 bits per heavy atom. The van der Waals surface area contributed by atoms with E-state index in [-0.39, 0.29) is 18.6 Å². The third-order valence-electron chi connectivity index (χ3n) is 4.81. The molecule has 3 fully saturated rings. The third-order valence-corrected chi connectivity index (χ3v) is 4.81. The lowest BCUT2D eigenvalue weighted by Crippen LogP contribution is -2.48. The van der Waals surface area contributed by atoms with E-state index < -0.39 is 0 Å². The topological polar surface area (TPSA) is 53.0 Å². The van der Waals surface area contributed by atoms with E-state index >= 15 is 0 Å². The summed E-state index contributed by atoms with van der Waals surface area (Å²) in [6.45, 7) is 3.25. The zero-order chi connectivity index (χ0) is 15.5. The van der Waals surface area contributed by atoms with E-state index in [2.05, 4.69) is 17.0 Å². The van der Waals surface area contributed by atoms with Crippen LogP contribution >= 0.6 is 0 Å². The number of fused-ring (bicyclic) bond motifs is 4. The molecule has 2 atom stereocenters. The molecule has 5 nitrogen and oxygen atoms in total. The van der Waals surface area contributed by atoms with Gasteiger partial charge in [-0.05, 0) is 36.5 Å². The summed E-state index contributed by atoms with van der Waals surface area (Å²) < 4.78 is 5.19. The number of benzene rings is 1. The number of hydrogen-bond acceptors (Lipinski definition) is 4. The van der Waals surface area contributed by atoms with Crippen molar-refractivity contribution in [2.24, 2.45) is 5.92 Å². The number of piperidine rings is 1. The van der Waals surface area contributed by atoms with Crippen LogP contribution in [0.3, 0.4) is 0 Å². The van der Waals surface area contributed by atoms with Crippen molar-refractivity contribution in [3.63, 3.8) is 0 Å². The number of rotatable bonds is 4. The minimum Gasteiger partial charge on any atom is -0.497 e. The number of carbonyl (C=O) groups is 1. The minimum atomic E-state index is -0.373. The summed E-state index contributed by atoms with van der Waals surface area (Å²) >= 11 is 0. The molecule has 0 aliphatic carbocycles. The highest BCUT2D eigenvalue weighted by atomic mass is 16.5. The van der Waals surface area contributed by atoms with Crippen LogP contribution < -0.4 is 4.74 Å². The Balaban J connectivity index is 1.67. The molecule has 0 spiro atoms. The summed E-state index contributed by atoms with van der Waals surface area (Å²) in [6.07, 6.45) is 2.23. The van der Waals surface area contributed by atoms with Gasteiger partial charge >= 0.3 is 0 Å². The van der Waals surface area contributed by atoms with E-state index in [0.29, 0.717) is 5.92 Å². The molecule has 0 unspecified atom stereocenters. The fraction of sp³-hybridized carbons (Fsp3) is 0.588. The molecule has 2 bridgehead atoms. The molecule has 0 saturated carbocycles. The number of aliphatic hydroxyl groups excluding tert-OH is 1. The summed E-state index contributed by atoms with van der Waals surface area (Å²) in [4.78, 5) is 16.2. The highest BCUT2D eigenvalue weighted by Crippen LogP contribution is 2.29. The molecule has 3 heterocycles. The lowest BCUT2D eigenvalue weighted by molar-refractivity contribution is -0.138. The van der Waals surface area contributed by atoms with Crippen molar-refractivity contribution in [2.75, 3.05) is 33.4 Å². The normalized spacial score (nSPS) is 25.1. The zero-order valence-electron chi connectivity index (χ0n) is 13.1. The molecule has 5 heteroatoms. The lowest BCUT2D eigenvalue weighted by atomic mass is 9.95. The van der Waals surface area contributed by atoms with Crippen LogP contribution in [0.4, 0.5) is 0 Å². The standard InChI is InChI=1S/C17H24N2O3/c1-22-16-6-3-13(4-7-16)8-18-9-14-2-5-15(11-18)19(10-14)17(21)12-20/h3-4,6-7,14-15,20H,2,5,8-12H2,1H3/t14-,15+/m0/s1. The Hall–Kier alpha value is -1.59. The molecular formula is C17H24N2O3. The van der Waals surface area contributed by atoms with Gasteiger partial charge in [-0.15, -0.1) is 0 Å². The van der Waals surface area contributed by atoms with Gasteiger partial charge < -0.3 is 14.7 Å². The first kappa shape index (κ1) is 15.3. The number of methoxy groups -OCH3 is 1. The van der Waals surface area contributed by atoms with Gasteiger partial charge in [-0.25, -0.2) is 0 Å². The monoisotopic (exact) mass is 304 g/mol. The van der Waals surface area contributed by atoms with E-state index in [1.165, 1.54) is 12.0 Å². The van der Waals surface area contributed by atoms with Gasteiger partial charge in [-0.3, -0.25) is 9.69 Å². The van der Waals surface area contributed by atoms with Crippen molar-refractivity contribution >= 4 is 5.91 Å². The summed E-state index contributed by atoms with van der Waals surface area (Å²) in [5, 5.41) is 9.14. The molecule has 0 radical (unpaired) electrons. The van der Waals surface area contributed by atoms with Crippen molar-refractivity contribution < 1.29 is 14.6 Å². The average molecular weight is 304 g/mol. The van der Waals surface area contributed by atoms with Crippen molar-refractivity contribution in [3.05, 3.63) is 29.8 Å². The molecule has 1 aromatic rings. The van der Waals surface area contributed by atoms with Crippen LogP contribution in [0.2, 0.25) is 0 Å². The highest BCUT2D eigenvalue weighted by Gasteiger charge is 2.36. The maximum absolute atomic E-state index is 11.9. The molecule has 1 aromatic carbocycles. The van der Waals surface area contributed by atoms with Crippen LogP contribution in [0.1, 0.15) is 18.4 Å². The largest absolute Gasteiger partial charge is 0.497 e. The first-order valence-corrected chi connectivity index (χ1v) is 7.95. The number of ether oxygens (including phenoxy) is 1. The lowest BCUT2D eigenvalue weighted by Gasteiger charge is -2.35. The van der Waals surface area contributed by atoms with Gasteiger partial charge in [-0.2, -0.15) is 0 Å². The van der Waals surface area contributed by atoms with Gasteiger partial charge in [0.1, 0.15) is 12.4 Å². The smallest absolute Gasteiger partial charge is 0.248 e. The first-order valence-electron chi connectivity index (χ1n) is 7.95. The van der Waals surface area contributed by atoms with Gasteiger partial charge in [-0.1, -0.05) is 12.1 Å². The van der Waals surface area contributed by atoms with Crippen LogP contribution in [-0.2, 0) is 11.3 Å². The predicted molar refractivity (Wildman–Crippen MR) is 83.6 cm³/mol. The molecule has 3 saturated heterocycles. The van der Waals surface area contributed by atoms with E-state index in [1.54, 1.807) is 7.11 Å². The molecular weight excluding hydrogens is 280 g/mol. The van der Waals surface area contributed by atoms with Gasteiger partial charge in [0.25, 0.3) is 0 Å². The maximum atomic E-state index is 11.9. The minimum absolute atomic E-state index is 0.124. The molecule has 3 aliphatic heterocycles. The predicted octanol–water partition coefficient (Wildman–Crippen LogP) is 1.11. The Morgan fingerprint density at radius 3 is 2.68 bits per heavy atom. The van der Waals surface area contributed by atoms with E-state index in [1.807, 2.05) is 17.0 Å². The summed E-state index contributed by atoms with van der Waals surface area (Å²) in [5.74, 6) is 1.27. The summed E-state index contributed by atoms with van der Waals surface area (Å²) in [5.41, 5.74) is 1.27. The SMILES string of the molecule is COc1ccc(CN2C[C@@H]3CC[C@H](C2)N(C(=O)CO)C3)cc1. The van der Waals surface area contributed by atoms with Crippen molar-refractivity contribution in [1.29, 1.82) is 0 Å². The number of carbonyl (C=O) groups excluding carboxylic acids is 1. The van der Waals surface area contributed by atoms with Crippen LogP contribution in [-0.4, -0.2) is 60.2 Å². The van der Waals surface area contributed by atoms with Crippen molar-refractivity contribution in [2.45, 2.75) is 25.4 Å². The molecule has 1 amide bonds. The van der Waals surface area contributed by atoms with Crippen molar-refractivity contribution in [3.8, 4) is 5.75 Å². The fourth-order valence-electron chi connectivity index (χ4n) is 3.69. The van der Waals surface area contributed by atoms with Gasteiger partial charge in [0.05, 0.1) is 7.11 Å². The molecule has 1 N–H and O–H groups in total. The molecule has 120 valence electrons. The van der Waals surface area contributed by atoms with Crippen LogP contribution in [0.25, 0.3) is 0 Å². The maximum Gasteiger partial charge on any atom is 0.248 e. The average Bonchev–Trinajstić information content (AvgIpc) is 2.85. The highest BCUT2D eigenvalue weighted by molar-refractivity contribution is 5.77. The molecule has 22 heavy (non-hydrogen) atoms. The number of hydrogen-bond donors (Lipinski definition) is 1. The second-order valence-corrected chi connectivity index (χ2v) is 6.34. The van der Waals surface area contributed by atoms with Crippen LogP contribution in [0, 0.1) is 5.92 Å². The molecule has 4 rings (SSSR count). The van der Waals surface area contributed by atoms with Gasteiger partial charge in [0.15, 0.2) is 0 Å². The van der Waals surface area contributed by atoms with Gasteiger partial charge in [0, 0.05) is 32.2 Å². The Labute approximate surface area is 131 Å². The summed E-state index contributed by atoms with van der Waals surface area (Å²) in [6, 6.07) is 8.42. The van der Waals surface area contributed by atoms with Crippen molar-refractivity contribution in [1.82, 2.24) is 9.80 Å². The van der Waals surface area contributed by atoms with E-state index in [4.69, 9.17) is 9.84 Å². The molecule has 0 aromatic heterocycles. The second kappa shape index (κ2) is 6.67. The number of aliphatic hydroxyl groups is 1. The zero-order valence-corrected chi connectivity index (χ0v) is 13.1. The quantitative estimate of drug-likeness (QED) is 0.905. The first-order chi connectivity index (χ1) is 10.7. The third kappa shape index (κ3) is 3.25. The van der Waals surface area contributed by atoms with E-state index in [0.717, 1.165) is 38.3 Å². The Bertz CT molecular complexity index is 517. The molecule has 3 aliphatic rings. The Kier molecular flexibility index (Phi) is 4.64. The Morgan fingerprint density at radius 1 is 1.23 bits per heavy atom. The van der Waals surface area contributed by atoms with Crippen LogP contribution in [0.5, 0.6) is 5.75 Å².